The molecule has 3 heteroatoms. The van der Waals surface area contributed by atoms with Crippen LogP contribution in [-0.2, 0) is 6.42 Å². The molecule has 0 radical (unpaired) electrons. The fraction of sp³-hybridized carbons (Fsp3) is 0.583. The Balaban J connectivity index is 2.87. The van der Waals surface area contributed by atoms with Gasteiger partial charge in [0.1, 0.15) is 0 Å². The van der Waals surface area contributed by atoms with Crippen molar-refractivity contribution >= 4 is 0 Å². The van der Waals surface area contributed by atoms with Crippen molar-refractivity contribution in [2.24, 2.45) is 0 Å². The lowest BCUT2D eigenvalue weighted by atomic mass is 10.1. The molecule has 15 heavy (non-hydrogen) atoms. The summed E-state index contributed by atoms with van der Waals surface area (Å²) in [6.07, 6.45) is 2.77. The summed E-state index contributed by atoms with van der Waals surface area (Å²) < 4.78 is 1.74. The predicted molar refractivity (Wildman–Crippen MR) is 63.3 cm³/mol. The standard InChI is InChI=1S/C12H20N2O/c1-9(2)14-6-5-11(8-12(14)15)7-10(3)13-4/h5-6,8-10,13H,7H2,1-4H3. The average molecular weight is 208 g/mol. The molecule has 1 rings (SSSR count). The van der Waals surface area contributed by atoms with Gasteiger partial charge >= 0.3 is 0 Å². The molecule has 0 aliphatic heterocycles. The third kappa shape index (κ3) is 3.20. The molecule has 1 N–H and O–H groups in total. The first-order chi connectivity index (χ1) is 7.04. The van der Waals surface area contributed by atoms with Crippen molar-refractivity contribution in [1.29, 1.82) is 0 Å². The van der Waals surface area contributed by atoms with E-state index in [1.54, 1.807) is 10.6 Å². The Morgan fingerprint density at radius 1 is 1.40 bits per heavy atom. The molecule has 1 atom stereocenters. The molecule has 0 aromatic carbocycles. The number of nitrogens with one attached hydrogen (secondary N) is 1. The molecule has 1 aromatic rings. The van der Waals surface area contributed by atoms with Crippen LogP contribution < -0.4 is 10.9 Å². The van der Waals surface area contributed by atoms with Gasteiger partial charge in [0, 0.05) is 24.3 Å². The lowest BCUT2D eigenvalue weighted by molar-refractivity contribution is 0.571. The molecule has 0 bridgehead atoms. The van der Waals surface area contributed by atoms with Crippen LogP contribution in [0.25, 0.3) is 0 Å². The number of nitrogens with zero attached hydrogens (tertiary/aromatic N) is 1. The fourth-order valence-electron chi connectivity index (χ4n) is 1.54. The highest BCUT2D eigenvalue weighted by molar-refractivity contribution is 5.12. The number of likely N-dealkylation sites (N-methyl/N-ethyl adjacent to an activating group) is 1. The second-order valence-corrected chi connectivity index (χ2v) is 4.27. The van der Waals surface area contributed by atoms with Crippen molar-refractivity contribution in [2.75, 3.05) is 7.05 Å². The summed E-state index contributed by atoms with van der Waals surface area (Å²) in [5.74, 6) is 0. The van der Waals surface area contributed by atoms with E-state index in [0.717, 1.165) is 12.0 Å². The maximum atomic E-state index is 11.7. The SMILES string of the molecule is CNC(C)Cc1ccn(C(C)C)c(=O)c1. The molecule has 0 saturated heterocycles. The first kappa shape index (κ1) is 12.0. The quantitative estimate of drug-likeness (QED) is 0.815. The minimum Gasteiger partial charge on any atom is -0.317 e. The van der Waals surface area contributed by atoms with Gasteiger partial charge < -0.3 is 9.88 Å². The summed E-state index contributed by atoms with van der Waals surface area (Å²) in [5, 5.41) is 3.16. The third-order valence-corrected chi connectivity index (χ3v) is 2.60. The molecule has 0 spiro atoms. The Bertz CT molecular complexity index is 368. The average Bonchev–Trinajstić information content (AvgIpc) is 2.17. The van der Waals surface area contributed by atoms with Gasteiger partial charge in [-0.1, -0.05) is 0 Å². The molecule has 3 nitrogen and oxygen atoms in total. The maximum absolute atomic E-state index is 11.7. The van der Waals surface area contributed by atoms with Gasteiger partial charge in [0.15, 0.2) is 0 Å². The molecule has 1 heterocycles. The zero-order valence-electron chi connectivity index (χ0n) is 9.95. The van der Waals surface area contributed by atoms with Gasteiger partial charge in [-0.15, -0.1) is 0 Å². The molecule has 0 saturated carbocycles. The Kier molecular flexibility index (Phi) is 4.09. The van der Waals surface area contributed by atoms with Crippen LogP contribution >= 0.6 is 0 Å². The van der Waals surface area contributed by atoms with Crippen LogP contribution in [0, 0.1) is 0 Å². The number of aromatic nitrogens is 1. The summed E-state index contributed by atoms with van der Waals surface area (Å²) in [5.41, 5.74) is 1.18. The maximum Gasteiger partial charge on any atom is 0.251 e. The Morgan fingerprint density at radius 2 is 2.07 bits per heavy atom. The Morgan fingerprint density at radius 3 is 2.53 bits per heavy atom. The van der Waals surface area contributed by atoms with Crippen molar-refractivity contribution in [3.63, 3.8) is 0 Å². The van der Waals surface area contributed by atoms with Crippen molar-refractivity contribution in [3.05, 3.63) is 34.2 Å². The van der Waals surface area contributed by atoms with E-state index in [4.69, 9.17) is 0 Å². The molecule has 1 aromatic heterocycles. The second kappa shape index (κ2) is 5.12. The van der Waals surface area contributed by atoms with Gasteiger partial charge in [-0.25, -0.2) is 0 Å². The summed E-state index contributed by atoms with van der Waals surface area (Å²) in [6, 6.07) is 4.39. The lowest BCUT2D eigenvalue weighted by Gasteiger charge is -2.12. The largest absolute Gasteiger partial charge is 0.317 e. The van der Waals surface area contributed by atoms with Crippen molar-refractivity contribution < 1.29 is 0 Å². The molecule has 0 fully saturated rings. The lowest BCUT2D eigenvalue weighted by Crippen LogP contribution is -2.26. The fourth-order valence-corrected chi connectivity index (χ4v) is 1.54. The third-order valence-electron chi connectivity index (χ3n) is 2.60. The Hall–Kier alpha value is -1.09. The monoisotopic (exact) mass is 208 g/mol. The van der Waals surface area contributed by atoms with Crippen molar-refractivity contribution in [3.8, 4) is 0 Å². The number of hydrogen-bond acceptors (Lipinski definition) is 2. The van der Waals surface area contributed by atoms with Crippen LogP contribution in [0.4, 0.5) is 0 Å². The van der Waals surface area contributed by atoms with Crippen LogP contribution in [0.3, 0.4) is 0 Å². The van der Waals surface area contributed by atoms with E-state index in [-0.39, 0.29) is 11.6 Å². The summed E-state index contributed by atoms with van der Waals surface area (Å²) in [6.45, 7) is 6.13. The van der Waals surface area contributed by atoms with Gasteiger partial charge in [0.25, 0.3) is 5.56 Å². The summed E-state index contributed by atoms with van der Waals surface area (Å²) in [4.78, 5) is 11.7. The van der Waals surface area contributed by atoms with Crippen molar-refractivity contribution in [2.45, 2.75) is 39.3 Å². The zero-order valence-corrected chi connectivity index (χ0v) is 9.95. The predicted octanol–water partition coefficient (Wildman–Crippen LogP) is 1.58. The molecular formula is C12H20N2O. The first-order valence-electron chi connectivity index (χ1n) is 5.43. The van der Waals surface area contributed by atoms with E-state index in [1.807, 2.05) is 33.2 Å². The van der Waals surface area contributed by atoms with Crippen LogP contribution in [-0.4, -0.2) is 17.7 Å². The minimum absolute atomic E-state index is 0.0887. The second-order valence-electron chi connectivity index (χ2n) is 4.27. The normalized spacial score (nSPS) is 13.1. The number of hydrogen-bond donors (Lipinski definition) is 1. The minimum atomic E-state index is 0.0887. The van der Waals surface area contributed by atoms with Gasteiger partial charge in [-0.3, -0.25) is 4.79 Å². The molecule has 0 amide bonds. The number of pyridine rings is 1. The molecular weight excluding hydrogens is 188 g/mol. The highest BCUT2D eigenvalue weighted by Crippen LogP contribution is 2.03. The number of rotatable bonds is 4. The van der Waals surface area contributed by atoms with Gasteiger partial charge in [0.2, 0.25) is 0 Å². The zero-order chi connectivity index (χ0) is 11.4. The Labute approximate surface area is 91.1 Å². The van der Waals surface area contributed by atoms with E-state index in [9.17, 15) is 4.79 Å². The molecule has 1 unspecified atom stereocenters. The van der Waals surface area contributed by atoms with Crippen LogP contribution in [0.15, 0.2) is 23.1 Å². The van der Waals surface area contributed by atoms with E-state index < -0.39 is 0 Å². The molecule has 0 aliphatic carbocycles. The van der Waals surface area contributed by atoms with E-state index in [0.29, 0.717) is 6.04 Å². The van der Waals surface area contributed by atoms with Gasteiger partial charge in [-0.05, 0) is 45.9 Å². The van der Waals surface area contributed by atoms with Gasteiger partial charge in [0.05, 0.1) is 0 Å². The highest BCUT2D eigenvalue weighted by Gasteiger charge is 2.04. The molecule has 0 aliphatic rings. The topological polar surface area (TPSA) is 34.0 Å². The van der Waals surface area contributed by atoms with Gasteiger partial charge in [-0.2, -0.15) is 0 Å². The first-order valence-corrected chi connectivity index (χ1v) is 5.43. The van der Waals surface area contributed by atoms with Crippen LogP contribution in [0.1, 0.15) is 32.4 Å². The van der Waals surface area contributed by atoms with Crippen LogP contribution in [0.5, 0.6) is 0 Å². The highest BCUT2D eigenvalue weighted by atomic mass is 16.1. The van der Waals surface area contributed by atoms with Crippen LogP contribution in [0.2, 0.25) is 0 Å². The molecule has 84 valence electrons. The van der Waals surface area contributed by atoms with E-state index in [2.05, 4.69) is 12.2 Å². The summed E-state index contributed by atoms with van der Waals surface area (Å²) in [7, 11) is 1.93. The van der Waals surface area contributed by atoms with E-state index in [1.165, 1.54) is 0 Å². The van der Waals surface area contributed by atoms with Crippen molar-refractivity contribution in [1.82, 2.24) is 9.88 Å². The van der Waals surface area contributed by atoms with E-state index >= 15 is 0 Å². The smallest absolute Gasteiger partial charge is 0.251 e. The summed E-state index contributed by atoms with van der Waals surface area (Å²) >= 11 is 0.